The molecule has 1 aliphatic heterocycles. The summed E-state index contributed by atoms with van der Waals surface area (Å²) < 4.78 is 1.71. The first-order valence-electron chi connectivity index (χ1n) is 10.9. The molecule has 2 N–H and O–H groups in total. The van der Waals surface area contributed by atoms with Gasteiger partial charge in [-0.25, -0.2) is 15.0 Å². The average Bonchev–Trinajstić information content (AvgIpc) is 3.09. The molecule has 8 nitrogen and oxygen atoms in total. The van der Waals surface area contributed by atoms with Crippen molar-refractivity contribution < 1.29 is 9.90 Å². The van der Waals surface area contributed by atoms with Gasteiger partial charge in [-0.2, -0.15) is 5.10 Å². The fourth-order valence-corrected chi connectivity index (χ4v) is 3.91. The molecular weight excluding hydrogens is 392 g/mol. The van der Waals surface area contributed by atoms with Crippen LogP contribution >= 0.6 is 0 Å². The van der Waals surface area contributed by atoms with E-state index in [9.17, 15) is 9.90 Å². The number of nitrogens with one attached hydrogen (secondary N) is 1. The van der Waals surface area contributed by atoms with Crippen molar-refractivity contribution in [1.82, 2.24) is 24.7 Å². The zero-order valence-corrected chi connectivity index (χ0v) is 17.8. The molecule has 4 rings (SSSR count). The van der Waals surface area contributed by atoms with E-state index in [4.69, 9.17) is 4.98 Å². The van der Waals surface area contributed by atoms with Gasteiger partial charge in [0.05, 0.1) is 18.2 Å². The summed E-state index contributed by atoms with van der Waals surface area (Å²) in [6.45, 7) is 2.79. The number of hydrogen-bond acceptors (Lipinski definition) is 6. The fourth-order valence-electron chi connectivity index (χ4n) is 3.91. The lowest BCUT2D eigenvalue weighted by Crippen LogP contribution is -2.16. The van der Waals surface area contributed by atoms with Crippen molar-refractivity contribution in [1.29, 1.82) is 0 Å². The van der Waals surface area contributed by atoms with Crippen molar-refractivity contribution in [3.05, 3.63) is 65.1 Å². The van der Waals surface area contributed by atoms with E-state index in [1.165, 1.54) is 18.4 Å². The second-order valence-electron chi connectivity index (χ2n) is 8.01. The Labute approximate surface area is 181 Å². The van der Waals surface area contributed by atoms with Crippen LogP contribution in [0.2, 0.25) is 0 Å². The van der Waals surface area contributed by atoms with E-state index < -0.39 is 12.0 Å². The minimum absolute atomic E-state index is 0.0699. The van der Waals surface area contributed by atoms with Gasteiger partial charge in [0.2, 0.25) is 0 Å². The third-order valence-electron chi connectivity index (χ3n) is 5.60. The Morgan fingerprint density at radius 2 is 1.97 bits per heavy atom. The Morgan fingerprint density at radius 1 is 1.16 bits per heavy atom. The molecule has 0 amide bonds. The predicted molar refractivity (Wildman–Crippen MR) is 117 cm³/mol. The standard InChI is InChI=1S/C23H28N6O2/c1-16-25-14-18(15-26-16)21(13-22(30)31)29-12-10-20(28-29)7-4-6-19-9-8-17-5-2-3-11-24-23(17)27-19/h8-10,12,14-15,21H,2-7,11,13H2,1H3,(H,24,27)(H,30,31)/t21-/m0/s1. The van der Waals surface area contributed by atoms with Crippen molar-refractivity contribution >= 4 is 11.8 Å². The number of carboxylic acid groups (broad SMARTS) is 1. The maximum absolute atomic E-state index is 11.4. The summed E-state index contributed by atoms with van der Waals surface area (Å²) in [5.74, 6) is 0.808. The number of hydrogen-bond donors (Lipinski definition) is 2. The molecule has 3 aromatic rings. The molecule has 0 bridgehead atoms. The van der Waals surface area contributed by atoms with Crippen LogP contribution in [0.5, 0.6) is 0 Å². The van der Waals surface area contributed by atoms with Gasteiger partial charge < -0.3 is 10.4 Å². The Morgan fingerprint density at radius 3 is 2.77 bits per heavy atom. The highest BCUT2D eigenvalue weighted by atomic mass is 16.4. The number of carboxylic acids is 1. The number of rotatable bonds is 8. The van der Waals surface area contributed by atoms with Crippen molar-refractivity contribution in [2.45, 2.75) is 57.9 Å². The highest BCUT2D eigenvalue weighted by molar-refractivity contribution is 5.68. The van der Waals surface area contributed by atoms with Gasteiger partial charge in [0, 0.05) is 36.4 Å². The van der Waals surface area contributed by atoms with E-state index in [-0.39, 0.29) is 6.42 Å². The lowest BCUT2D eigenvalue weighted by atomic mass is 10.1. The molecule has 0 radical (unpaired) electrons. The number of carbonyl (C=O) groups is 1. The largest absolute Gasteiger partial charge is 0.481 e. The molecule has 0 unspecified atom stereocenters. The number of aliphatic carboxylic acids is 1. The van der Waals surface area contributed by atoms with Gasteiger partial charge in [0.25, 0.3) is 0 Å². The molecule has 0 aromatic carbocycles. The monoisotopic (exact) mass is 420 g/mol. The van der Waals surface area contributed by atoms with Gasteiger partial charge in [0.1, 0.15) is 11.6 Å². The van der Waals surface area contributed by atoms with Crippen LogP contribution in [0.15, 0.2) is 36.8 Å². The Bertz CT molecular complexity index is 1030. The van der Waals surface area contributed by atoms with Gasteiger partial charge in [0.15, 0.2) is 0 Å². The van der Waals surface area contributed by atoms with Crippen LogP contribution < -0.4 is 5.32 Å². The van der Waals surface area contributed by atoms with Crippen LogP contribution in [-0.4, -0.2) is 42.4 Å². The maximum atomic E-state index is 11.4. The lowest BCUT2D eigenvalue weighted by molar-refractivity contribution is -0.137. The van der Waals surface area contributed by atoms with E-state index in [0.29, 0.717) is 5.82 Å². The second kappa shape index (κ2) is 9.68. The average molecular weight is 421 g/mol. The number of pyridine rings is 1. The molecular formula is C23H28N6O2. The van der Waals surface area contributed by atoms with E-state index in [1.807, 2.05) is 12.3 Å². The highest BCUT2D eigenvalue weighted by Crippen LogP contribution is 2.22. The van der Waals surface area contributed by atoms with Crippen LogP contribution in [0.1, 0.15) is 60.1 Å². The molecule has 0 spiro atoms. The summed E-state index contributed by atoms with van der Waals surface area (Å²) in [5, 5.41) is 17.4. The molecule has 0 fully saturated rings. The summed E-state index contributed by atoms with van der Waals surface area (Å²) >= 11 is 0. The quantitative estimate of drug-likeness (QED) is 0.575. The first-order valence-corrected chi connectivity index (χ1v) is 10.9. The SMILES string of the molecule is Cc1ncc([C@H](CC(=O)O)n2ccc(CCCc3ccc4c(n3)NCCCC4)n2)cn1. The van der Waals surface area contributed by atoms with Crippen LogP contribution in [0.3, 0.4) is 0 Å². The van der Waals surface area contributed by atoms with E-state index in [0.717, 1.165) is 55.0 Å². The van der Waals surface area contributed by atoms with Crippen molar-refractivity contribution in [3.8, 4) is 0 Å². The Hall–Kier alpha value is -3.29. The number of nitrogens with zero attached hydrogens (tertiary/aromatic N) is 5. The zero-order valence-electron chi connectivity index (χ0n) is 17.8. The summed E-state index contributed by atoms with van der Waals surface area (Å²) in [7, 11) is 0. The van der Waals surface area contributed by atoms with Crippen molar-refractivity contribution in [2.75, 3.05) is 11.9 Å². The minimum atomic E-state index is -0.884. The molecule has 1 atom stereocenters. The van der Waals surface area contributed by atoms with Crippen LogP contribution in [0.4, 0.5) is 5.82 Å². The van der Waals surface area contributed by atoms with Gasteiger partial charge in [-0.05, 0) is 63.1 Å². The van der Waals surface area contributed by atoms with Crippen molar-refractivity contribution in [3.63, 3.8) is 0 Å². The molecule has 31 heavy (non-hydrogen) atoms. The molecule has 4 heterocycles. The molecule has 0 saturated heterocycles. The van der Waals surface area contributed by atoms with Gasteiger partial charge in [-0.15, -0.1) is 0 Å². The molecule has 8 heteroatoms. The lowest BCUT2D eigenvalue weighted by Gasteiger charge is -2.15. The Kier molecular flexibility index (Phi) is 6.54. The molecule has 3 aromatic heterocycles. The van der Waals surface area contributed by atoms with Crippen LogP contribution in [-0.2, 0) is 24.1 Å². The highest BCUT2D eigenvalue weighted by Gasteiger charge is 2.19. The number of aryl methyl sites for hydroxylation is 4. The van der Waals surface area contributed by atoms with Gasteiger partial charge in [-0.3, -0.25) is 9.48 Å². The summed E-state index contributed by atoms with van der Waals surface area (Å²) in [5.41, 5.74) is 4.08. The first kappa shape index (κ1) is 21.0. The number of fused-ring (bicyclic) bond motifs is 1. The van der Waals surface area contributed by atoms with Crippen LogP contribution in [0.25, 0.3) is 0 Å². The zero-order chi connectivity index (χ0) is 21.6. The number of anilines is 1. The minimum Gasteiger partial charge on any atom is -0.481 e. The summed E-state index contributed by atoms with van der Waals surface area (Å²) in [6, 6.07) is 5.86. The smallest absolute Gasteiger partial charge is 0.305 e. The maximum Gasteiger partial charge on any atom is 0.305 e. The normalized spacial score (nSPS) is 14.4. The third-order valence-corrected chi connectivity index (χ3v) is 5.60. The molecule has 162 valence electrons. The first-order chi connectivity index (χ1) is 15.1. The fraction of sp³-hybridized carbons (Fsp3) is 0.435. The number of aromatic nitrogens is 5. The van der Waals surface area contributed by atoms with Gasteiger partial charge in [-0.1, -0.05) is 6.07 Å². The molecule has 0 saturated carbocycles. The van der Waals surface area contributed by atoms with E-state index in [1.54, 1.807) is 24.0 Å². The van der Waals surface area contributed by atoms with Gasteiger partial charge >= 0.3 is 5.97 Å². The third kappa shape index (κ3) is 5.45. The van der Waals surface area contributed by atoms with Crippen LogP contribution in [0, 0.1) is 6.92 Å². The molecule has 1 aliphatic rings. The van der Waals surface area contributed by atoms with E-state index >= 15 is 0 Å². The Balaban J connectivity index is 1.39. The summed E-state index contributed by atoms with van der Waals surface area (Å²) in [6.07, 6.45) is 11.2. The van der Waals surface area contributed by atoms with E-state index in [2.05, 4.69) is 32.5 Å². The summed E-state index contributed by atoms with van der Waals surface area (Å²) in [4.78, 5) is 24.6. The molecule has 0 aliphatic carbocycles. The van der Waals surface area contributed by atoms with Crippen molar-refractivity contribution in [2.24, 2.45) is 0 Å². The topological polar surface area (TPSA) is 106 Å². The predicted octanol–water partition coefficient (Wildman–Crippen LogP) is 3.36. The second-order valence-corrected chi connectivity index (χ2v) is 8.01.